The Hall–Kier alpha value is -3.58. The molecule has 3 aromatic rings. The molecule has 0 aliphatic carbocycles. The first-order valence-electron chi connectivity index (χ1n) is 11.9. The summed E-state index contributed by atoms with van der Waals surface area (Å²) in [5.74, 6) is -0.542. The molecule has 3 atom stereocenters. The van der Waals surface area contributed by atoms with Crippen LogP contribution in [0, 0.1) is 0 Å². The molecule has 6 heteroatoms. The Morgan fingerprint density at radius 2 is 1.25 bits per heavy atom. The molecule has 1 amide bonds. The predicted molar refractivity (Wildman–Crippen MR) is 139 cm³/mol. The maximum absolute atomic E-state index is 13.4. The van der Waals surface area contributed by atoms with Crippen LogP contribution < -0.4 is 5.32 Å². The summed E-state index contributed by atoms with van der Waals surface area (Å²) in [6, 6.07) is 28.2. The summed E-state index contributed by atoms with van der Waals surface area (Å²) in [6.45, 7) is 5.84. The van der Waals surface area contributed by atoms with Crippen molar-refractivity contribution in [3.63, 3.8) is 0 Å². The van der Waals surface area contributed by atoms with Gasteiger partial charge in [0.1, 0.15) is 18.8 Å². The predicted octanol–water partition coefficient (Wildman–Crippen LogP) is 4.63. The Bertz CT molecular complexity index is 1070. The minimum Gasteiger partial charge on any atom is -0.369 e. The van der Waals surface area contributed by atoms with Gasteiger partial charge in [0.25, 0.3) is 0 Å². The smallest absolute Gasteiger partial charge is 0.217 e. The number of hydrogen-bond donors (Lipinski definition) is 1. The molecule has 0 heterocycles. The summed E-state index contributed by atoms with van der Waals surface area (Å²) in [5, 5.41) is 2.83. The van der Waals surface area contributed by atoms with Gasteiger partial charge in [0.2, 0.25) is 5.91 Å². The molecule has 3 aromatic carbocycles. The molecule has 188 valence electrons. The highest BCUT2D eigenvalue weighted by atomic mass is 16.5. The van der Waals surface area contributed by atoms with Crippen molar-refractivity contribution >= 4 is 11.7 Å². The van der Waals surface area contributed by atoms with E-state index in [0.29, 0.717) is 6.61 Å². The van der Waals surface area contributed by atoms with Gasteiger partial charge in [-0.3, -0.25) is 9.59 Å². The van der Waals surface area contributed by atoms with Gasteiger partial charge in [-0.15, -0.1) is 6.58 Å². The van der Waals surface area contributed by atoms with E-state index in [1.807, 2.05) is 91.0 Å². The van der Waals surface area contributed by atoms with Crippen LogP contribution in [0.15, 0.2) is 104 Å². The van der Waals surface area contributed by atoms with E-state index < -0.39 is 18.2 Å². The van der Waals surface area contributed by atoms with Gasteiger partial charge < -0.3 is 19.5 Å². The van der Waals surface area contributed by atoms with Crippen molar-refractivity contribution in [2.75, 3.05) is 6.61 Å². The highest BCUT2D eigenvalue weighted by Crippen LogP contribution is 2.18. The summed E-state index contributed by atoms with van der Waals surface area (Å²) in [5.41, 5.74) is 2.81. The van der Waals surface area contributed by atoms with Crippen molar-refractivity contribution in [1.82, 2.24) is 5.32 Å². The van der Waals surface area contributed by atoms with E-state index in [1.165, 1.54) is 6.92 Å². The van der Waals surface area contributed by atoms with Crippen LogP contribution in [0.3, 0.4) is 0 Å². The first kappa shape index (κ1) is 27.0. The first-order chi connectivity index (χ1) is 17.6. The van der Waals surface area contributed by atoms with Gasteiger partial charge in [-0.25, -0.2) is 0 Å². The molecule has 0 fully saturated rings. The maximum atomic E-state index is 13.4. The molecule has 0 aromatic heterocycles. The van der Waals surface area contributed by atoms with Crippen molar-refractivity contribution in [3.8, 4) is 0 Å². The average molecular weight is 488 g/mol. The van der Waals surface area contributed by atoms with Crippen molar-refractivity contribution in [2.24, 2.45) is 0 Å². The molecule has 1 N–H and O–H groups in total. The summed E-state index contributed by atoms with van der Waals surface area (Å²) in [6.07, 6.45) is -0.253. The molecule has 0 bridgehead atoms. The van der Waals surface area contributed by atoms with Crippen LogP contribution in [0.5, 0.6) is 0 Å². The lowest BCUT2D eigenvalue weighted by atomic mass is 10.0. The number of benzene rings is 3. The number of hydrogen-bond acceptors (Lipinski definition) is 5. The lowest BCUT2D eigenvalue weighted by Crippen LogP contribution is -2.52. The number of ketones is 1. The van der Waals surface area contributed by atoms with E-state index >= 15 is 0 Å². The molecule has 6 nitrogen and oxygen atoms in total. The monoisotopic (exact) mass is 487 g/mol. The molecule has 0 spiro atoms. The third-order valence-corrected chi connectivity index (χ3v) is 5.51. The molecule has 0 aliphatic heterocycles. The molecule has 0 saturated heterocycles. The second-order valence-electron chi connectivity index (χ2n) is 8.39. The van der Waals surface area contributed by atoms with Crippen LogP contribution in [-0.4, -0.2) is 36.5 Å². The molecule has 0 radical (unpaired) electrons. The third kappa shape index (κ3) is 8.89. The summed E-state index contributed by atoms with van der Waals surface area (Å²) < 4.78 is 18.1. The lowest BCUT2D eigenvalue weighted by Gasteiger charge is -2.32. The fraction of sp³-hybridized carbons (Fsp3) is 0.267. The van der Waals surface area contributed by atoms with Crippen LogP contribution >= 0.6 is 0 Å². The Kier molecular flexibility index (Phi) is 11.1. The Morgan fingerprint density at radius 1 is 0.778 bits per heavy atom. The quantitative estimate of drug-likeness (QED) is 0.316. The number of nitrogens with one attached hydrogen (secondary N) is 1. The normalized spacial score (nSPS) is 13.4. The van der Waals surface area contributed by atoms with Gasteiger partial charge in [0.05, 0.1) is 25.9 Å². The molecule has 2 unspecified atom stereocenters. The Balaban J connectivity index is 1.80. The standard InChI is InChI=1S/C30H33NO5/c1-3-27(31-23(2)32)29(35-20-25-15-9-5-10-16-25)30(36-21-26-17-11-6-12-18-26)28(33)22-34-19-24-13-7-4-8-14-24/h3-18,27,29-30H,1,19-22H2,2H3,(H,31,32)/t27?,29?,30-/m1/s1. The molecule has 3 rings (SSSR count). The number of Topliss-reactive ketones (excluding diaryl/α,β-unsaturated/α-hetero) is 1. The highest BCUT2D eigenvalue weighted by Gasteiger charge is 2.35. The van der Waals surface area contributed by atoms with Crippen LogP contribution in [0.1, 0.15) is 23.6 Å². The second-order valence-corrected chi connectivity index (χ2v) is 8.39. The van der Waals surface area contributed by atoms with Gasteiger partial charge in [-0.2, -0.15) is 0 Å². The molecular formula is C30H33NO5. The van der Waals surface area contributed by atoms with Crippen LogP contribution in [0.25, 0.3) is 0 Å². The van der Waals surface area contributed by atoms with E-state index in [-0.39, 0.29) is 31.5 Å². The van der Waals surface area contributed by atoms with E-state index in [9.17, 15) is 9.59 Å². The average Bonchev–Trinajstić information content (AvgIpc) is 2.91. The lowest BCUT2D eigenvalue weighted by molar-refractivity contribution is -0.153. The largest absolute Gasteiger partial charge is 0.369 e. The number of carbonyl (C=O) groups is 2. The highest BCUT2D eigenvalue weighted by molar-refractivity contribution is 5.85. The van der Waals surface area contributed by atoms with Gasteiger partial charge in [0, 0.05) is 6.92 Å². The van der Waals surface area contributed by atoms with Crippen molar-refractivity contribution in [3.05, 3.63) is 120 Å². The fourth-order valence-electron chi connectivity index (χ4n) is 3.71. The van der Waals surface area contributed by atoms with Gasteiger partial charge in [0.15, 0.2) is 5.78 Å². The van der Waals surface area contributed by atoms with Gasteiger partial charge >= 0.3 is 0 Å². The number of rotatable bonds is 15. The number of ether oxygens (including phenoxy) is 3. The fourth-order valence-corrected chi connectivity index (χ4v) is 3.71. The topological polar surface area (TPSA) is 73.9 Å². The molecule has 0 aliphatic rings. The van der Waals surface area contributed by atoms with Crippen molar-refractivity contribution < 1.29 is 23.8 Å². The van der Waals surface area contributed by atoms with Crippen LogP contribution in [0.2, 0.25) is 0 Å². The molecule has 0 saturated carbocycles. The Labute approximate surface area is 212 Å². The molecular weight excluding hydrogens is 454 g/mol. The first-order valence-corrected chi connectivity index (χ1v) is 11.9. The third-order valence-electron chi connectivity index (χ3n) is 5.51. The van der Waals surface area contributed by atoms with Crippen molar-refractivity contribution in [2.45, 2.75) is 45.0 Å². The minimum atomic E-state index is -1.00. The van der Waals surface area contributed by atoms with E-state index in [0.717, 1.165) is 16.7 Å². The van der Waals surface area contributed by atoms with Crippen LogP contribution in [0.4, 0.5) is 0 Å². The number of carbonyl (C=O) groups excluding carboxylic acids is 2. The zero-order chi connectivity index (χ0) is 25.6. The number of amides is 1. The summed E-state index contributed by atoms with van der Waals surface area (Å²) in [4.78, 5) is 25.4. The summed E-state index contributed by atoms with van der Waals surface area (Å²) >= 11 is 0. The summed E-state index contributed by atoms with van der Waals surface area (Å²) in [7, 11) is 0. The van der Waals surface area contributed by atoms with Crippen LogP contribution in [-0.2, 0) is 43.6 Å². The van der Waals surface area contributed by atoms with Crippen molar-refractivity contribution in [1.29, 1.82) is 0 Å². The van der Waals surface area contributed by atoms with E-state index in [4.69, 9.17) is 14.2 Å². The zero-order valence-electron chi connectivity index (χ0n) is 20.5. The second kappa shape index (κ2) is 14.7. The van der Waals surface area contributed by atoms with E-state index in [2.05, 4.69) is 11.9 Å². The van der Waals surface area contributed by atoms with Gasteiger partial charge in [-0.05, 0) is 16.7 Å². The van der Waals surface area contributed by atoms with Gasteiger partial charge in [-0.1, -0.05) is 97.1 Å². The zero-order valence-corrected chi connectivity index (χ0v) is 20.5. The maximum Gasteiger partial charge on any atom is 0.217 e. The SMILES string of the molecule is C=CC(NC(C)=O)C(OCc1ccccc1)[C@H](OCc1ccccc1)C(=O)COCc1ccccc1. The van der Waals surface area contributed by atoms with E-state index in [1.54, 1.807) is 6.08 Å². The minimum absolute atomic E-state index is 0.163. The Morgan fingerprint density at radius 3 is 1.72 bits per heavy atom. The molecule has 36 heavy (non-hydrogen) atoms.